The first-order valence-electron chi connectivity index (χ1n) is 7.66. The van der Waals surface area contributed by atoms with Crippen LogP contribution in [0.25, 0.3) is 0 Å². The molecule has 0 spiro atoms. The number of hydrogen-bond acceptors (Lipinski definition) is 3. The summed E-state index contributed by atoms with van der Waals surface area (Å²) in [5, 5.41) is 8.89. The number of ether oxygens (including phenoxy) is 1. The second-order valence-electron chi connectivity index (χ2n) is 5.54. The lowest BCUT2D eigenvalue weighted by Gasteiger charge is -2.24. The topological polar surface area (TPSA) is 32.7 Å². The summed E-state index contributed by atoms with van der Waals surface area (Å²) in [5.41, 5.74) is -0.728. The average Bonchev–Trinajstić information content (AvgIpc) is 2.92. The zero-order valence-corrected chi connectivity index (χ0v) is 12.5. The molecule has 2 rings (SSSR count). The molecule has 0 bridgehead atoms. The van der Waals surface area contributed by atoms with E-state index in [0.29, 0.717) is 12.6 Å². The van der Waals surface area contributed by atoms with E-state index in [-0.39, 0.29) is 19.0 Å². The van der Waals surface area contributed by atoms with Gasteiger partial charge < -0.3 is 9.84 Å². The number of aliphatic hydroxyl groups is 1. The molecular formula is C16H22F3NO2. The largest absolute Gasteiger partial charge is 0.492 e. The average molecular weight is 317 g/mol. The molecule has 1 heterocycles. The maximum absolute atomic E-state index is 12.9. The molecule has 1 fully saturated rings. The lowest BCUT2D eigenvalue weighted by Crippen LogP contribution is -2.33. The van der Waals surface area contributed by atoms with Crippen LogP contribution in [-0.2, 0) is 6.18 Å². The van der Waals surface area contributed by atoms with Crippen LogP contribution in [0.3, 0.4) is 0 Å². The number of rotatable bonds is 7. The van der Waals surface area contributed by atoms with Gasteiger partial charge in [0.25, 0.3) is 0 Å². The SMILES string of the molecule is OCCCC1CCCN1CCOc1ccccc1C(F)(F)F. The van der Waals surface area contributed by atoms with E-state index in [1.54, 1.807) is 6.07 Å². The van der Waals surface area contributed by atoms with Crippen LogP contribution in [0.1, 0.15) is 31.2 Å². The number of aliphatic hydroxyl groups excluding tert-OH is 1. The van der Waals surface area contributed by atoms with Crippen molar-refractivity contribution in [3.8, 4) is 5.75 Å². The highest BCUT2D eigenvalue weighted by Gasteiger charge is 2.34. The molecule has 124 valence electrons. The number of alkyl halides is 3. The highest BCUT2D eigenvalue weighted by molar-refractivity contribution is 5.35. The van der Waals surface area contributed by atoms with Gasteiger partial charge in [-0.05, 0) is 44.4 Å². The standard InChI is InChI=1S/C16H22F3NO2/c17-16(18,19)14-7-1-2-8-15(14)22-12-10-20-9-3-5-13(20)6-4-11-21/h1-2,7-8,13,21H,3-6,9-12H2. The van der Waals surface area contributed by atoms with Crippen molar-refractivity contribution in [3.63, 3.8) is 0 Å². The first kappa shape index (κ1) is 17.1. The third kappa shape index (κ3) is 4.61. The molecule has 3 nitrogen and oxygen atoms in total. The zero-order valence-electron chi connectivity index (χ0n) is 12.5. The molecule has 1 atom stereocenters. The van der Waals surface area contributed by atoms with Crippen molar-refractivity contribution in [2.75, 3.05) is 26.3 Å². The fourth-order valence-corrected chi connectivity index (χ4v) is 2.94. The third-order valence-corrected chi connectivity index (χ3v) is 4.02. The van der Waals surface area contributed by atoms with Crippen molar-refractivity contribution in [1.82, 2.24) is 4.90 Å². The zero-order chi connectivity index (χ0) is 16.0. The van der Waals surface area contributed by atoms with Crippen molar-refractivity contribution in [2.45, 2.75) is 37.9 Å². The first-order chi connectivity index (χ1) is 10.5. The third-order valence-electron chi connectivity index (χ3n) is 4.02. The van der Waals surface area contributed by atoms with Crippen molar-refractivity contribution in [3.05, 3.63) is 29.8 Å². The Morgan fingerprint density at radius 1 is 1.27 bits per heavy atom. The monoisotopic (exact) mass is 317 g/mol. The minimum atomic E-state index is -4.39. The lowest BCUT2D eigenvalue weighted by atomic mass is 10.1. The molecule has 22 heavy (non-hydrogen) atoms. The minimum Gasteiger partial charge on any atom is -0.492 e. The normalized spacial score (nSPS) is 19.5. The fraction of sp³-hybridized carbons (Fsp3) is 0.625. The molecule has 6 heteroatoms. The van der Waals surface area contributed by atoms with Crippen LogP contribution in [-0.4, -0.2) is 42.4 Å². The molecule has 1 aliphatic heterocycles. The van der Waals surface area contributed by atoms with Gasteiger partial charge in [0.1, 0.15) is 12.4 Å². The number of benzene rings is 1. The van der Waals surface area contributed by atoms with Crippen LogP contribution >= 0.6 is 0 Å². The second kappa shape index (κ2) is 7.83. The smallest absolute Gasteiger partial charge is 0.419 e. The number of halogens is 3. The summed E-state index contributed by atoms with van der Waals surface area (Å²) in [6.45, 7) is 1.98. The van der Waals surface area contributed by atoms with Crippen LogP contribution in [0.5, 0.6) is 5.75 Å². The highest BCUT2D eigenvalue weighted by Crippen LogP contribution is 2.35. The molecule has 0 saturated carbocycles. The van der Waals surface area contributed by atoms with Gasteiger partial charge in [-0.2, -0.15) is 13.2 Å². The van der Waals surface area contributed by atoms with Gasteiger partial charge in [-0.3, -0.25) is 4.90 Å². The molecule has 1 aliphatic rings. The molecular weight excluding hydrogens is 295 g/mol. The maximum Gasteiger partial charge on any atom is 0.419 e. The Bertz CT molecular complexity index is 465. The fourth-order valence-electron chi connectivity index (χ4n) is 2.94. The molecule has 1 aromatic rings. The van der Waals surface area contributed by atoms with E-state index in [4.69, 9.17) is 9.84 Å². The Labute approximate surface area is 128 Å². The molecule has 0 amide bonds. The summed E-state index contributed by atoms with van der Waals surface area (Å²) in [6, 6.07) is 5.71. The summed E-state index contributed by atoms with van der Waals surface area (Å²) >= 11 is 0. The Morgan fingerprint density at radius 3 is 2.77 bits per heavy atom. The van der Waals surface area contributed by atoms with Crippen LogP contribution in [0.4, 0.5) is 13.2 Å². The Hall–Kier alpha value is -1.27. The van der Waals surface area contributed by atoms with Gasteiger partial charge >= 0.3 is 6.18 Å². The number of likely N-dealkylation sites (tertiary alicyclic amines) is 1. The molecule has 1 aromatic carbocycles. The number of nitrogens with zero attached hydrogens (tertiary/aromatic N) is 1. The Balaban J connectivity index is 1.86. The van der Waals surface area contributed by atoms with Crippen molar-refractivity contribution in [2.24, 2.45) is 0 Å². The first-order valence-corrected chi connectivity index (χ1v) is 7.66. The predicted octanol–water partition coefficient (Wildman–Crippen LogP) is 3.32. The predicted molar refractivity (Wildman–Crippen MR) is 77.9 cm³/mol. The van der Waals surface area contributed by atoms with E-state index in [0.717, 1.165) is 38.3 Å². The highest BCUT2D eigenvalue weighted by atomic mass is 19.4. The van der Waals surface area contributed by atoms with Crippen LogP contribution in [0, 0.1) is 0 Å². The Morgan fingerprint density at radius 2 is 2.05 bits per heavy atom. The van der Waals surface area contributed by atoms with Crippen LogP contribution in [0.2, 0.25) is 0 Å². The van der Waals surface area contributed by atoms with Crippen molar-refractivity contribution in [1.29, 1.82) is 0 Å². The van der Waals surface area contributed by atoms with Gasteiger partial charge in [-0.1, -0.05) is 12.1 Å². The van der Waals surface area contributed by atoms with Gasteiger partial charge in [0, 0.05) is 19.2 Å². The number of para-hydroxylation sites is 1. The van der Waals surface area contributed by atoms with E-state index < -0.39 is 11.7 Å². The summed E-state index contributed by atoms with van der Waals surface area (Å²) in [4.78, 5) is 2.24. The summed E-state index contributed by atoms with van der Waals surface area (Å²) in [5.74, 6) is -0.110. The second-order valence-corrected chi connectivity index (χ2v) is 5.54. The molecule has 0 radical (unpaired) electrons. The molecule has 1 saturated heterocycles. The molecule has 0 aliphatic carbocycles. The van der Waals surface area contributed by atoms with Gasteiger partial charge in [0.2, 0.25) is 0 Å². The molecule has 1 N–H and O–H groups in total. The van der Waals surface area contributed by atoms with E-state index in [9.17, 15) is 13.2 Å². The van der Waals surface area contributed by atoms with E-state index >= 15 is 0 Å². The van der Waals surface area contributed by atoms with Gasteiger partial charge in [0.15, 0.2) is 0 Å². The summed E-state index contributed by atoms with van der Waals surface area (Å²) < 4.78 is 44.0. The lowest BCUT2D eigenvalue weighted by molar-refractivity contribution is -0.139. The number of hydrogen-bond donors (Lipinski definition) is 1. The maximum atomic E-state index is 12.9. The Kier molecular flexibility index (Phi) is 6.08. The summed E-state index contributed by atoms with van der Waals surface area (Å²) in [6.07, 6.45) is -0.531. The van der Waals surface area contributed by atoms with E-state index in [1.807, 2.05) is 0 Å². The molecule has 1 unspecified atom stereocenters. The van der Waals surface area contributed by atoms with Crippen molar-refractivity contribution >= 4 is 0 Å². The molecule has 0 aromatic heterocycles. The van der Waals surface area contributed by atoms with Crippen LogP contribution in [0.15, 0.2) is 24.3 Å². The quantitative estimate of drug-likeness (QED) is 0.837. The van der Waals surface area contributed by atoms with Crippen molar-refractivity contribution < 1.29 is 23.0 Å². The van der Waals surface area contributed by atoms with E-state index in [1.165, 1.54) is 12.1 Å². The van der Waals surface area contributed by atoms with Gasteiger partial charge in [0.05, 0.1) is 5.56 Å². The summed E-state index contributed by atoms with van der Waals surface area (Å²) in [7, 11) is 0. The van der Waals surface area contributed by atoms with Gasteiger partial charge in [-0.25, -0.2) is 0 Å². The van der Waals surface area contributed by atoms with Crippen LogP contribution < -0.4 is 4.74 Å². The minimum absolute atomic E-state index is 0.110. The van der Waals surface area contributed by atoms with E-state index in [2.05, 4.69) is 4.90 Å². The van der Waals surface area contributed by atoms with Gasteiger partial charge in [-0.15, -0.1) is 0 Å².